The summed E-state index contributed by atoms with van der Waals surface area (Å²) >= 11 is 1.25. The number of hydrogen-bond donors (Lipinski definition) is 1. The summed E-state index contributed by atoms with van der Waals surface area (Å²) < 4.78 is 13.9. The quantitative estimate of drug-likeness (QED) is 0.691. The van der Waals surface area contributed by atoms with Crippen LogP contribution in [0.25, 0.3) is 11.3 Å². The van der Waals surface area contributed by atoms with Gasteiger partial charge >= 0.3 is 0 Å². The van der Waals surface area contributed by atoms with Crippen molar-refractivity contribution in [3.05, 3.63) is 45.5 Å². The Kier molecular flexibility index (Phi) is 4.96. The lowest BCUT2D eigenvalue weighted by atomic mass is 10.0. The Labute approximate surface area is 131 Å². The van der Waals surface area contributed by atoms with E-state index < -0.39 is 11.4 Å². The second-order valence-electron chi connectivity index (χ2n) is 5.00. The standard InChI is InChI=1S/C15H15FN4OS/c1-20(2)8-9-4-10(6-11(16)5-9)13-12(7-17)14(21)19-15(18-13)22-3/h4-6H,8H2,1-3H3,(H,18,19,21). The number of hydrogen-bond acceptors (Lipinski definition) is 5. The Bertz CT molecular complexity index is 795. The molecule has 2 rings (SSSR count). The molecule has 0 spiro atoms. The van der Waals surface area contributed by atoms with Crippen molar-refractivity contribution in [2.45, 2.75) is 11.7 Å². The lowest BCUT2D eigenvalue weighted by Crippen LogP contribution is -2.15. The minimum absolute atomic E-state index is 0.112. The van der Waals surface area contributed by atoms with Gasteiger partial charge in [-0.05, 0) is 44.1 Å². The Hall–Kier alpha value is -2.17. The summed E-state index contributed by atoms with van der Waals surface area (Å²) in [4.78, 5) is 20.6. The summed E-state index contributed by atoms with van der Waals surface area (Å²) in [6.45, 7) is 0.547. The Morgan fingerprint density at radius 1 is 1.41 bits per heavy atom. The monoisotopic (exact) mass is 318 g/mol. The van der Waals surface area contributed by atoms with Crippen LogP contribution in [0.4, 0.5) is 4.39 Å². The topological polar surface area (TPSA) is 72.8 Å². The predicted molar refractivity (Wildman–Crippen MR) is 84.1 cm³/mol. The molecule has 1 N–H and O–H groups in total. The number of benzene rings is 1. The molecule has 0 aliphatic heterocycles. The molecule has 0 aliphatic rings. The summed E-state index contributed by atoms with van der Waals surface area (Å²) in [5.74, 6) is -0.425. The molecule has 7 heteroatoms. The molecule has 0 unspecified atom stereocenters. The van der Waals surface area contributed by atoms with Crippen molar-refractivity contribution < 1.29 is 4.39 Å². The molecule has 114 valence electrons. The number of halogens is 1. The second kappa shape index (κ2) is 6.73. The number of nitrogens with zero attached hydrogens (tertiary/aromatic N) is 3. The van der Waals surface area contributed by atoms with Gasteiger partial charge in [0.05, 0.1) is 5.69 Å². The number of aromatic nitrogens is 2. The molecule has 0 radical (unpaired) electrons. The van der Waals surface area contributed by atoms with Gasteiger partial charge in [-0.15, -0.1) is 0 Å². The highest BCUT2D eigenvalue weighted by Crippen LogP contribution is 2.24. The number of thioether (sulfide) groups is 1. The average molecular weight is 318 g/mol. The minimum Gasteiger partial charge on any atom is -0.305 e. The molecule has 1 aromatic carbocycles. The van der Waals surface area contributed by atoms with Crippen LogP contribution in [0.1, 0.15) is 11.1 Å². The van der Waals surface area contributed by atoms with Crippen molar-refractivity contribution in [2.24, 2.45) is 0 Å². The first kappa shape index (κ1) is 16.2. The molecule has 0 bridgehead atoms. The van der Waals surface area contributed by atoms with E-state index >= 15 is 0 Å². The number of aromatic amines is 1. The molecule has 1 heterocycles. The van der Waals surface area contributed by atoms with Gasteiger partial charge in [-0.3, -0.25) is 4.79 Å². The van der Waals surface area contributed by atoms with E-state index in [4.69, 9.17) is 0 Å². The molecule has 1 aromatic heterocycles. The van der Waals surface area contributed by atoms with Crippen molar-refractivity contribution in [3.8, 4) is 17.3 Å². The van der Waals surface area contributed by atoms with E-state index in [1.165, 1.54) is 23.9 Å². The molecule has 0 amide bonds. The minimum atomic E-state index is -0.518. The number of H-pyrrole nitrogens is 1. The molecule has 5 nitrogen and oxygen atoms in total. The van der Waals surface area contributed by atoms with Gasteiger partial charge in [0.1, 0.15) is 17.4 Å². The van der Waals surface area contributed by atoms with E-state index in [0.717, 1.165) is 5.56 Å². The maximum Gasteiger partial charge on any atom is 0.270 e. The van der Waals surface area contributed by atoms with Gasteiger partial charge in [-0.2, -0.15) is 5.26 Å². The van der Waals surface area contributed by atoms with Crippen molar-refractivity contribution in [1.82, 2.24) is 14.9 Å². The summed E-state index contributed by atoms with van der Waals surface area (Å²) in [5, 5.41) is 9.58. The summed E-state index contributed by atoms with van der Waals surface area (Å²) in [6, 6.07) is 6.30. The number of rotatable bonds is 4. The molecular weight excluding hydrogens is 303 g/mol. The van der Waals surface area contributed by atoms with Crippen LogP contribution in [0.15, 0.2) is 28.2 Å². The first-order chi connectivity index (χ1) is 10.4. The van der Waals surface area contributed by atoms with Crippen LogP contribution in [0.5, 0.6) is 0 Å². The van der Waals surface area contributed by atoms with Gasteiger partial charge in [0.15, 0.2) is 5.16 Å². The summed E-state index contributed by atoms with van der Waals surface area (Å²) in [7, 11) is 3.76. The SMILES string of the molecule is CSc1nc(-c2cc(F)cc(CN(C)C)c2)c(C#N)c(=O)[nH]1. The Morgan fingerprint density at radius 3 is 2.73 bits per heavy atom. The zero-order chi connectivity index (χ0) is 16.3. The predicted octanol–water partition coefficient (Wildman–Crippen LogP) is 2.23. The first-order valence-corrected chi connectivity index (χ1v) is 7.70. The van der Waals surface area contributed by atoms with Crippen LogP contribution >= 0.6 is 11.8 Å². The molecule has 0 fully saturated rings. The fraction of sp³-hybridized carbons (Fsp3) is 0.267. The Balaban J connectivity index is 2.66. The van der Waals surface area contributed by atoms with E-state index in [9.17, 15) is 14.4 Å². The largest absolute Gasteiger partial charge is 0.305 e. The third-order valence-corrected chi connectivity index (χ3v) is 3.51. The molecule has 0 atom stereocenters. The second-order valence-corrected chi connectivity index (χ2v) is 5.79. The van der Waals surface area contributed by atoms with E-state index in [2.05, 4.69) is 9.97 Å². The van der Waals surface area contributed by atoms with E-state index in [1.807, 2.05) is 25.1 Å². The van der Waals surface area contributed by atoms with Crippen molar-refractivity contribution in [3.63, 3.8) is 0 Å². The number of nitrogens with one attached hydrogen (secondary N) is 1. The molecular formula is C15H15FN4OS. The fourth-order valence-corrected chi connectivity index (χ4v) is 2.48. The smallest absolute Gasteiger partial charge is 0.270 e. The normalized spacial score (nSPS) is 10.7. The average Bonchev–Trinajstić information content (AvgIpc) is 2.44. The molecule has 0 aliphatic carbocycles. The highest BCUT2D eigenvalue weighted by Gasteiger charge is 2.15. The van der Waals surface area contributed by atoms with Crippen molar-refractivity contribution >= 4 is 11.8 Å². The van der Waals surface area contributed by atoms with E-state index in [0.29, 0.717) is 17.3 Å². The van der Waals surface area contributed by atoms with Crippen LogP contribution in [-0.4, -0.2) is 35.2 Å². The van der Waals surface area contributed by atoms with Crippen LogP contribution < -0.4 is 5.56 Å². The van der Waals surface area contributed by atoms with Gasteiger partial charge in [0.25, 0.3) is 5.56 Å². The van der Waals surface area contributed by atoms with Crippen LogP contribution in [-0.2, 0) is 6.54 Å². The van der Waals surface area contributed by atoms with Crippen molar-refractivity contribution in [2.75, 3.05) is 20.4 Å². The third-order valence-electron chi connectivity index (χ3n) is 2.93. The third kappa shape index (κ3) is 3.53. The highest BCUT2D eigenvalue weighted by atomic mass is 32.2. The lowest BCUT2D eigenvalue weighted by Gasteiger charge is -2.12. The van der Waals surface area contributed by atoms with Crippen LogP contribution in [0.3, 0.4) is 0 Å². The van der Waals surface area contributed by atoms with Gasteiger partial charge in [0, 0.05) is 12.1 Å². The van der Waals surface area contributed by atoms with Gasteiger partial charge < -0.3 is 9.88 Å². The van der Waals surface area contributed by atoms with Crippen molar-refractivity contribution in [1.29, 1.82) is 5.26 Å². The summed E-state index contributed by atoms with van der Waals surface area (Å²) in [6.07, 6.45) is 1.76. The maximum absolute atomic E-state index is 13.9. The fourth-order valence-electron chi connectivity index (χ4n) is 2.11. The van der Waals surface area contributed by atoms with Crippen LogP contribution in [0.2, 0.25) is 0 Å². The van der Waals surface area contributed by atoms with Gasteiger partial charge in [-0.1, -0.05) is 11.8 Å². The van der Waals surface area contributed by atoms with Gasteiger partial charge in [0.2, 0.25) is 0 Å². The van der Waals surface area contributed by atoms with E-state index in [1.54, 1.807) is 12.3 Å². The lowest BCUT2D eigenvalue weighted by molar-refractivity contribution is 0.401. The van der Waals surface area contributed by atoms with E-state index in [-0.39, 0.29) is 11.3 Å². The molecule has 22 heavy (non-hydrogen) atoms. The first-order valence-electron chi connectivity index (χ1n) is 6.47. The molecule has 0 saturated heterocycles. The number of nitriles is 1. The Morgan fingerprint density at radius 2 is 2.14 bits per heavy atom. The summed E-state index contributed by atoms with van der Waals surface area (Å²) in [5.41, 5.74) is 0.746. The van der Waals surface area contributed by atoms with Gasteiger partial charge in [-0.25, -0.2) is 9.37 Å². The zero-order valence-electron chi connectivity index (χ0n) is 12.5. The molecule has 0 saturated carbocycles. The maximum atomic E-state index is 13.9. The van der Waals surface area contributed by atoms with Crippen LogP contribution in [0, 0.1) is 17.1 Å². The molecule has 2 aromatic rings. The zero-order valence-corrected chi connectivity index (χ0v) is 13.3. The highest BCUT2D eigenvalue weighted by molar-refractivity contribution is 7.98.